The molecule has 5 nitrogen and oxygen atoms in total. The van der Waals surface area contributed by atoms with Gasteiger partial charge in [0.05, 0.1) is 6.61 Å². The van der Waals surface area contributed by atoms with Crippen molar-refractivity contribution >= 4 is 22.6 Å². The lowest BCUT2D eigenvalue weighted by Crippen LogP contribution is -2.46. The van der Waals surface area contributed by atoms with Gasteiger partial charge in [-0.3, -0.25) is 9.59 Å². The summed E-state index contributed by atoms with van der Waals surface area (Å²) in [7, 11) is 0. The average molecular weight is 485 g/mol. The number of ether oxygens (including phenoxy) is 1. The molecule has 0 aromatic heterocycles. The minimum absolute atomic E-state index is 0.0922. The monoisotopic (exact) mass is 484 g/mol. The Morgan fingerprint density at radius 3 is 2.69 bits per heavy atom. The van der Waals surface area contributed by atoms with Crippen LogP contribution in [-0.4, -0.2) is 41.9 Å². The summed E-state index contributed by atoms with van der Waals surface area (Å²) in [6.07, 6.45) is 5.28. The average Bonchev–Trinajstić information content (AvgIpc) is 3.27. The molecule has 2 atom stereocenters. The van der Waals surface area contributed by atoms with Crippen molar-refractivity contribution in [3.63, 3.8) is 0 Å². The molecule has 2 unspecified atom stereocenters. The second-order valence-corrected chi connectivity index (χ2v) is 10.6. The van der Waals surface area contributed by atoms with E-state index in [4.69, 9.17) is 4.74 Å². The van der Waals surface area contributed by atoms with E-state index in [-0.39, 0.29) is 17.4 Å². The van der Waals surface area contributed by atoms with Gasteiger partial charge in [-0.1, -0.05) is 60.7 Å². The zero-order valence-electron chi connectivity index (χ0n) is 21.2. The van der Waals surface area contributed by atoms with E-state index in [0.29, 0.717) is 31.8 Å². The minimum Gasteiger partial charge on any atom is -0.493 e. The first-order valence-corrected chi connectivity index (χ1v) is 13.2. The molecule has 2 fully saturated rings. The van der Waals surface area contributed by atoms with E-state index in [1.165, 1.54) is 16.3 Å². The van der Waals surface area contributed by atoms with Crippen LogP contribution >= 0.6 is 0 Å². The molecule has 3 aromatic carbocycles. The molecule has 0 aliphatic carbocycles. The number of carbonyl (C=O) groups excluding carboxylic acids is 2. The molecule has 1 N–H and O–H groups in total. The third-order valence-electron chi connectivity index (χ3n) is 7.85. The Kier molecular flexibility index (Phi) is 7.26. The van der Waals surface area contributed by atoms with Crippen LogP contribution in [0.1, 0.15) is 49.7 Å². The summed E-state index contributed by atoms with van der Waals surface area (Å²) in [5.74, 6) is 1.55. The third-order valence-corrected chi connectivity index (χ3v) is 7.85. The number of hydrogen-bond donors (Lipinski definition) is 1. The molecule has 2 aliphatic heterocycles. The van der Waals surface area contributed by atoms with Crippen LogP contribution in [0.15, 0.2) is 66.7 Å². The summed E-state index contributed by atoms with van der Waals surface area (Å²) in [6, 6.07) is 22.9. The number of nitrogens with one attached hydrogen (secondary N) is 1. The summed E-state index contributed by atoms with van der Waals surface area (Å²) < 4.78 is 6.08. The Bertz CT molecular complexity index is 1240. The highest BCUT2D eigenvalue weighted by Crippen LogP contribution is 2.31. The number of nitrogens with zero attached hydrogens (tertiary/aromatic N) is 1. The van der Waals surface area contributed by atoms with Crippen LogP contribution in [-0.2, 0) is 16.0 Å². The number of amides is 2. The van der Waals surface area contributed by atoms with E-state index < -0.39 is 0 Å². The van der Waals surface area contributed by atoms with Crippen molar-refractivity contribution in [1.82, 2.24) is 10.2 Å². The molecule has 3 aromatic rings. The van der Waals surface area contributed by atoms with Gasteiger partial charge in [-0.05, 0) is 67.0 Å². The maximum Gasteiger partial charge on any atom is 0.222 e. The summed E-state index contributed by atoms with van der Waals surface area (Å²) in [4.78, 5) is 27.5. The van der Waals surface area contributed by atoms with Crippen molar-refractivity contribution in [2.45, 2.75) is 57.4 Å². The number of fused-ring (bicyclic) bond motifs is 1. The Hall–Kier alpha value is -3.34. The molecular weight excluding hydrogens is 448 g/mol. The summed E-state index contributed by atoms with van der Waals surface area (Å²) in [6.45, 7) is 4.25. The molecule has 5 heteroatoms. The molecule has 2 amide bonds. The molecule has 5 rings (SSSR count). The van der Waals surface area contributed by atoms with Crippen LogP contribution in [0.4, 0.5) is 0 Å². The van der Waals surface area contributed by atoms with Crippen molar-refractivity contribution in [1.29, 1.82) is 0 Å². The Morgan fingerprint density at radius 1 is 1.08 bits per heavy atom. The normalized spacial score (nSPS) is 22.0. The molecule has 36 heavy (non-hydrogen) atoms. The number of piperidine rings is 1. The van der Waals surface area contributed by atoms with Gasteiger partial charge in [-0.2, -0.15) is 0 Å². The number of rotatable bonds is 8. The fraction of sp³-hybridized carbons (Fsp3) is 0.419. The van der Waals surface area contributed by atoms with E-state index in [1.807, 2.05) is 29.2 Å². The van der Waals surface area contributed by atoms with Crippen LogP contribution in [0.5, 0.6) is 5.75 Å². The summed E-state index contributed by atoms with van der Waals surface area (Å²) >= 11 is 0. The van der Waals surface area contributed by atoms with Gasteiger partial charge < -0.3 is 15.0 Å². The Labute approximate surface area is 213 Å². The number of para-hydroxylation sites is 1. The fourth-order valence-corrected chi connectivity index (χ4v) is 5.78. The molecule has 0 saturated carbocycles. The second-order valence-electron chi connectivity index (χ2n) is 10.6. The van der Waals surface area contributed by atoms with Crippen molar-refractivity contribution in [3.05, 3.63) is 77.9 Å². The van der Waals surface area contributed by atoms with E-state index in [1.54, 1.807) is 0 Å². The highest BCUT2D eigenvalue weighted by atomic mass is 16.5. The zero-order chi connectivity index (χ0) is 25.0. The van der Waals surface area contributed by atoms with Crippen LogP contribution in [0.2, 0.25) is 0 Å². The maximum atomic E-state index is 13.3. The molecule has 2 aliphatic rings. The van der Waals surface area contributed by atoms with Crippen molar-refractivity contribution in [3.8, 4) is 5.75 Å². The second kappa shape index (κ2) is 10.7. The van der Waals surface area contributed by atoms with E-state index in [0.717, 1.165) is 50.1 Å². The highest BCUT2D eigenvalue weighted by molar-refractivity contribution is 5.83. The zero-order valence-corrected chi connectivity index (χ0v) is 21.2. The Morgan fingerprint density at radius 2 is 1.89 bits per heavy atom. The number of benzene rings is 3. The molecular formula is C31H36N2O3. The number of carbonyl (C=O) groups is 2. The van der Waals surface area contributed by atoms with Crippen LogP contribution in [0.25, 0.3) is 10.8 Å². The largest absolute Gasteiger partial charge is 0.493 e. The summed E-state index contributed by atoms with van der Waals surface area (Å²) in [5, 5.41) is 5.67. The minimum atomic E-state index is -0.349. The van der Waals surface area contributed by atoms with Crippen LogP contribution in [0.3, 0.4) is 0 Å². The van der Waals surface area contributed by atoms with E-state index in [2.05, 4.69) is 54.7 Å². The lowest BCUT2D eigenvalue weighted by molar-refractivity contribution is -0.134. The van der Waals surface area contributed by atoms with Crippen LogP contribution < -0.4 is 10.1 Å². The lowest BCUT2D eigenvalue weighted by Gasteiger charge is -2.34. The van der Waals surface area contributed by atoms with E-state index >= 15 is 0 Å². The highest BCUT2D eigenvalue weighted by Gasteiger charge is 2.38. The van der Waals surface area contributed by atoms with Gasteiger partial charge >= 0.3 is 0 Å². The first kappa shape index (κ1) is 24.4. The van der Waals surface area contributed by atoms with Gasteiger partial charge in [-0.25, -0.2) is 0 Å². The van der Waals surface area contributed by atoms with Gasteiger partial charge in [-0.15, -0.1) is 0 Å². The number of aryl methyl sites for hydroxylation is 1. The van der Waals surface area contributed by atoms with Crippen LogP contribution in [0, 0.1) is 12.8 Å². The molecule has 0 radical (unpaired) electrons. The van der Waals surface area contributed by atoms with Crippen molar-refractivity contribution in [2.75, 3.05) is 19.7 Å². The SMILES string of the molecule is Cc1ccccc1OCC1CCCN(C(=O)CCC2(Cc3ccc4ccccc4c3)CCC(=O)N2)C1. The molecule has 0 bridgehead atoms. The number of likely N-dealkylation sites (tertiary alicyclic amines) is 1. The Balaban J connectivity index is 1.19. The first-order chi connectivity index (χ1) is 17.5. The third kappa shape index (κ3) is 5.72. The van der Waals surface area contributed by atoms with Gasteiger partial charge in [0, 0.05) is 37.4 Å². The lowest BCUT2D eigenvalue weighted by atomic mass is 9.84. The van der Waals surface area contributed by atoms with Gasteiger partial charge in [0.15, 0.2) is 0 Å². The van der Waals surface area contributed by atoms with Gasteiger partial charge in [0.2, 0.25) is 11.8 Å². The maximum absolute atomic E-state index is 13.3. The summed E-state index contributed by atoms with van der Waals surface area (Å²) in [5.41, 5.74) is 1.99. The first-order valence-electron chi connectivity index (χ1n) is 13.2. The van der Waals surface area contributed by atoms with Gasteiger partial charge in [0.1, 0.15) is 5.75 Å². The van der Waals surface area contributed by atoms with E-state index in [9.17, 15) is 9.59 Å². The molecule has 188 valence electrons. The predicted octanol–water partition coefficient (Wildman–Crippen LogP) is 5.44. The topological polar surface area (TPSA) is 58.6 Å². The standard InChI is InChI=1S/C31H36N2O3/c1-23-7-2-5-11-28(23)36-22-25-8-6-18-33(21-25)30(35)15-17-31(16-14-29(34)32-31)20-24-12-13-26-9-3-4-10-27(26)19-24/h2-5,7,9-13,19,25H,6,8,14-18,20-22H2,1H3,(H,32,34). The smallest absolute Gasteiger partial charge is 0.222 e. The fourth-order valence-electron chi connectivity index (χ4n) is 5.78. The van der Waals surface area contributed by atoms with Crippen molar-refractivity contribution < 1.29 is 14.3 Å². The van der Waals surface area contributed by atoms with Gasteiger partial charge in [0.25, 0.3) is 0 Å². The quantitative estimate of drug-likeness (QED) is 0.463. The van der Waals surface area contributed by atoms with Crippen molar-refractivity contribution in [2.24, 2.45) is 5.92 Å². The predicted molar refractivity (Wildman–Crippen MR) is 143 cm³/mol. The molecule has 2 saturated heterocycles. The number of hydrogen-bond acceptors (Lipinski definition) is 3. The molecule has 2 heterocycles. The molecule has 0 spiro atoms.